The third-order valence-corrected chi connectivity index (χ3v) is 3.90. The molecule has 1 unspecified atom stereocenters. The minimum Gasteiger partial charge on any atom is -0.371 e. The van der Waals surface area contributed by atoms with Gasteiger partial charge < -0.3 is 14.8 Å². The molecule has 3 rings (SSSR count). The molecular formula is C15H20N2O3. The van der Waals surface area contributed by atoms with Gasteiger partial charge in [0.15, 0.2) is 0 Å². The smallest absolute Gasteiger partial charge is 0.249 e. The molecule has 2 fully saturated rings. The zero-order valence-corrected chi connectivity index (χ0v) is 11.5. The Morgan fingerprint density at radius 1 is 1.25 bits per heavy atom. The molecule has 0 saturated carbocycles. The highest BCUT2D eigenvalue weighted by molar-refractivity contribution is 5.81. The molecule has 0 radical (unpaired) electrons. The topological polar surface area (TPSA) is 60.5 Å². The molecule has 3 atom stereocenters. The summed E-state index contributed by atoms with van der Waals surface area (Å²) in [6.07, 6.45) is 6.90. The number of ether oxygens (including phenoxy) is 2. The lowest BCUT2D eigenvalue weighted by Gasteiger charge is -2.25. The Kier molecular flexibility index (Phi) is 4.28. The maximum atomic E-state index is 12.2. The van der Waals surface area contributed by atoms with Gasteiger partial charge in [-0.15, -0.1) is 0 Å². The van der Waals surface area contributed by atoms with Crippen molar-refractivity contribution in [2.24, 2.45) is 0 Å². The van der Waals surface area contributed by atoms with E-state index in [1.807, 2.05) is 12.1 Å². The molecule has 2 aliphatic rings. The summed E-state index contributed by atoms with van der Waals surface area (Å²) in [6.45, 7) is 1.35. The van der Waals surface area contributed by atoms with Crippen LogP contribution in [0.5, 0.6) is 0 Å². The summed E-state index contributed by atoms with van der Waals surface area (Å²) in [7, 11) is 0. The van der Waals surface area contributed by atoms with Gasteiger partial charge in [-0.3, -0.25) is 9.78 Å². The lowest BCUT2D eigenvalue weighted by atomic mass is 10.0. The third-order valence-electron chi connectivity index (χ3n) is 3.90. The highest BCUT2D eigenvalue weighted by Crippen LogP contribution is 2.28. The summed E-state index contributed by atoms with van der Waals surface area (Å²) < 4.78 is 11.3. The van der Waals surface area contributed by atoms with Gasteiger partial charge in [0.1, 0.15) is 12.2 Å². The molecule has 0 spiro atoms. The zero-order chi connectivity index (χ0) is 13.8. The van der Waals surface area contributed by atoms with Crippen LogP contribution in [0.15, 0.2) is 24.5 Å². The molecule has 3 heterocycles. The normalized spacial score (nSPS) is 30.1. The van der Waals surface area contributed by atoms with E-state index in [1.165, 1.54) is 0 Å². The van der Waals surface area contributed by atoms with Gasteiger partial charge in [0.2, 0.25) is 5.91 Å². The molecule has 0 aliphatic carbocycles. The third kappa shape index (κ3) is 2.99. The number of nitrogens with one attached hydrogen (secondary N) is 1. The number of carbonyl (C=O) groups is 1. The number of nitrogens with zero attached hydrogens (tertiary/aromatic N) is 1. The van der Waals surface area contributed by atoms with Crippen molar-refractivity contribution in [3.8, 4) is 0 Å². The Morgan fingerprint density at radius 3 is 2.95 bits per heavy atom. The summed E-state index contributed by atoms with van der Waals surface area (Å²) in [5.74, 6) is -0.00547. The Labute approximate surface area is 118 Å². The number of carbonyl (C=O) groups excluding carboxylic acids is 1. The van der Waals surface area contributed by atoms with E-state index in [0.717, 1.165) is 31.2 Å². The molecule has 2 saturated heterocycles. The maximum Gasteiger partial charge on any atom is 0.249 e. The second kappa shape index (κ2) is 6.33. The Balaban J connectivity index is 1.62. The molecule has 5 nitrogen and oxygen atoms in total. The largest absolute Gasteiger partial charge is 0.371 e. The van der Waals surface area contributed by atoms with Crippen LogP contribution in [0.1, 0.15) is 37.4 Å². The second-order valence-electron chi connectivity index (χ2n) is 5.34. The molecule has 1 N–H and O–H groups in total. The quantitative estimate of drug-likeness (QED) is 0.911. The van der Waals surface area contributed by atoms with Gasteiger partial charge in [-0.2, -0.15) is 0 Å². The number of hydrogen-bond acceptors (Lipinski definition) is 4. The molecule has 1 aromatic rings. The predicted octanol–water partition coefficient (Wildman–Crippen LogP) is 1.60. The molecule has 2 aliphatic heterocycles. The van der Waals surface area contributed by atoms with Crippen LogP contribution in [-0.2, 0) is 14.3 Å². The monoisotopic (exact) mass is 276 g/mol. The molecule has 20 heavy (non-hydrogen) atoms. The molecule has 0 bridgehead atoms. The summed E-state index contributed by atoms with van der Waals surface area (Å²) in [5, 5.41) is 3.08. The molecule has 0 aromatic carbocycles. The molecule has 1 aromatic heterocycles. The fraction of sp³-hybridized carbons (Fsp3) is 0.600. The summed E-state index contributed by atoms with van der Waals surface area (Å²) in [5.41, 5.74) is 1.01. The zero-order valence-electron chi connectivity index (χ0n) is 11.5. The maximum absolute atomic E-state index is 12.2. The van der Waals surface area contributed by atoms with E-state index in [9.17, 15) is 4.79 Å². The van der Waals surface area contributed by atoms with Crippen molar-refractivity contribution in [1.82, 2.24) is 10.3 Å². The van der Waals surface area contributed by atoms with Crippen LogP contribution in [0, 0.1) is 0 Å². The number of amides is 1. The highest BCUT2D eigenvalue weighted by Gasteiger charge is 2.33. The summed E-state index contributed by atoms with van der Waals surface area (Å²) in [6, 6.07) is 3.89. The first-order valence-corrected chi connectivity index (χ1v) is 7.28. The van der Waals surface area contributed by atoms with Crippen molar-refractivity contribution < 1.29 is 14.3 Å². The van der Waals surface area contributed by atoms with Crippen molar-refractivity contribution >= 4 is 5.91 Å². The summed E-state index contributed by atoms with van der Waals surface area (Å²) in [4.78, 5) is 16.3. The van der Waals surface area contributed by atoms with Gasteiger partial charge >= 0.3 is 0 Å². The minimum atomic E-state index is -0.293. The SMILES string of the molecule is O=C(N[C@H]1CCO[C@@H]1c1cccnc1)C1CCCCO1. The van der Waals surface area contributed by atoms with Crippen LogP contribution in [-0.4, -0.2) is 36.3 Å². The van der Waals surface area contributed by atoms with E-state index in [1.54, 1.807) is 12.4 Å². The van der Waals surface area contributed by atoms with Gasteiger partial charge in [0, 0.05) is 31.2 Å². The van der Waals surface area contributed by atoms with Crippen molar-refractivity contribution in [3.05, 3.63) is 30.1 Å². The first-order chi connectivity index (χ1) is 9.84. The van der Waals surface area contributed by atoms with Gasteiger partial charge in [-0.05, 0) is 31.7 Å². The molecule has 5 heteroatoms. The highest BCUT2D eigenvalue weighted by atomic mass is 16.5. The van der Waals surface area contributed by atoms with Gasteiger partial charge in [0.05, 0.1) is 6.04 Å². The predicted molar refractivity (Wildman–Crippen MR) is 73.1 cm³/mol. The molecule has 108 valence electrons. The number of hydrogen-bond donors (Lipinski definition) is 1. The Bertz CT molecular complexity index is 446. The van der Waals surface area contributed by atoms with Crippen molar-refractivity contribution in [2.45, 2.75) is 43.9 Å². The van der Waals surface area contributed by atoms with E-state index in [0.29, 0.717) is 13.2 Å². The Morgan fingerprint density at radius 2 is 2.20 bits per heavy atom. The fourth-order valence-electron chi connectivity index (χ4n) is 2.83. The van der Waals surface area contributed by atoms with Crippen LogP contribution in [0.3, 0.4) is 0 Å². The van der Waals surface area contributed by atoms with E-state index >= 15 is 0 Å². The van der Waals surface area contributed by atoms with Gasteiger partial charge in [-0.1, -0.05) is 6.07 Å². The number of aromatic nitrogens is 1. The Hall–Kier alpha value is -1.46. The fourth-order valence-corrected chi connectivity index (χ4v) is 2.83. The van der Waals surface area contributed by atoms with Gasteiger partial charge in [0.25, 0.3) is 0 Å². The average molecular weight is 276 g/mol. The number of pyridine rings is 1. The number of rotatable bonds is 3. The van der Waals surface area contributed by atoms with E-state index in [4.69, 9.17) is 9.47 Å². The first-order valence-electron chi connectivity index (χ1n) is 7.28. The first kappa shape index (κ1) is 13.5. The van der Waals surface area contributed by atoms with Crippen molar-refractivity contribution in [3.63, 3.8) is 0 Å². The average Bonchev–Trinajstić information content (AvgIpc) is 2.97. The van der Waals surface area contributed by atoms with Crippen LogP contribution >= 0.6 is 0 Å². The van der Waals surface area contributed by atoms with Crippen LogP contribution in [0.4, 0.5) is 0 Å². The van der Waals surface area contributed by atoms with Crippen LogP contribution in [0.2, 0.25) is 0 Å². The van der Waals surface area contributed by atoms with Crippen LogP contribution in [0.25, 0.3) is 0 Å². The van der Waals surface area contributed by atoms with Crippen molar-refractivity contribution in [1.29, 1.82) is 0 Å². The standard InChI is InChI=1S/C15H20N2O3/c18-15(13-5-1-2-8-19-13)17-12-6-9-20-14(12)11-4-3-7-16-10-11/h3-4,7,10,12-14H,1-2,5-6,8-9H2,(H,17,18)/t12-,13?,14+/m0/s1. The second-order valence-corrected chi connectivity index (χ2v) is 5.34. The van der Waals surface area contributed by atoms with E-state index < -0.39 is 0 Å². The molecular weight excluding hydrogens is 256 g/mol. The van der Waals surface area contributed by atoms with E-state index in [-0.39, 0.29) is 24.2 Å². The van der Waals surface area contributed by atoms with Crippen molar-refractivity contribution in [2.75, 3.05) is 13.2 Å². The molecule has 1 amide bonds. The minimum absolute atomic E-state index is 0.00547. The van der Waals surface area contributed by atoms with E-state index in [2.05, 4.69) is 10.3 Å². The summed E-state index contributed by atoms with van der Waals surface area (Å²) >= 11 is 0. The lowest BCUT2D eigenvalue weighted by Crippen LogP contribution is -2.44. The van der Waals surface area contributed by atoms with Crippen LogP contribution < -0.4 is 5.32 Å². The lowest BCUT2D eigenvalue weighted by molar-refractivity contribution is -0.136. The van der Waals surface area contributed by atoms with Gasteiger partial charge in [-0.25, -0.2) is 0 Å².